The molecule has 4 rings (SSSR count). The Balaban J connectivity index is 1.34. The lowest BCUT2D eigenvalue weighted by atomic mass is 9.78. The summed E-state index contributed by atoms with van der Waals surface area (Å²) < 4.78 is 5.56. The smallest absolute Gasteiger partial charge is 0.410 e. The van der Waals surface area contributed by atoms with Gasteiger partial charge in [0.2, 0.25) is 0 Å². The Hall–Kier alpha value is -2.02. The molecule has 1 aromatic heterocycles. The summed E-state index contributed by atoms with van der Waals surface area (Å²) in [6, 6.07) is 6.46. The highest BCUT2D eigenvalue weighted by Gasteiger charge is 2.42. The monoisotopic (exact) mass is 429 g/mol. The molecule has 0 radical (unpaired) electrons. The number of carbonyl (C=O) groups excluding carboxylic acids is 1. The van der Waals surface area contributed by atoms with E-state index >= 15 is 0 Å². The Kier molecular flexibility index (Phi) is 6.33. The van der Waals surface area contributed by atoms with Crippen LogP contribution in [0.3, 0.4) is 0 Å². The van der Waals surface area contributed by atoms with Gasteiger partial charge in [0.25, 0.3) is 0 Å². The van der Waals surface area contributed by atoms with Crippen molar-refractivity contribution < 1.29 is 9.53 Å². The molecule has 0 atom stereocenters. The molecule has 0 saturated carbocycles. The second-order valence-electron chi connectivity index (χ2n) is 10.4. The van der Waals surface area contributed by atoms with Crippen LogP contribution in [-0.2, 0) is 4.74 Å². The number of hydrogen-bond donors (Lipinski definition) is 0. The first-order valence-electron chi connectivity index (χ1n) is 11.9. The minimum atomic E-state index is -0.434. The molecule has 1 aromatic rings. The van der Waals surface area contributed by atoms with Gasteiger partial charge in [-0.15, -0.1) is 0 Å². The zero-order valence-corrected chi connectivity index (χ0v) is 19.8. The first-order chi connectivity index (χ1) is 14.8. The fourth-order valence-corrected chi connectivity index (χ4v) is 5.09. The van der Waals surface area contributed by atoms with Gasteiger partial charge >= 0.3 is 6.09 Å². The third kappa shape index (κ3) is 5.25. The largest absolute Gasteiger partial charge is 0.444 e. The molecule has 7 heteroatoms. The SMILES string of the molecule is CCN1CCN(c2cccc(N3CCC4(CCN(C(=O)OC(C)(C)C)CC4)C3)n2)CC1. The number of piperidine rings is 1. The molecule has 0 bridgehead atoms. The topological polar surface area (TPSA) is 52.2 Å². The van der Waals surface area contributed by atoms with E-state index in [4.69, 9.17) is 9.72 Å². The predicted molar refractivity (Wildman–Crippen MR) is 125 cm³/mol. The number of piperazine rings is 1. The molecule has 7 nitrogen and oxygen atoms in total. The van der Waals surface area contributed by atoms with Crippen LogP contribution in [0, 0.1) is 5.41 Å². The first kappa shape index (κ1) is 22.2. The molecular weight excluding hydrogens is 390 g/mol. The highest BCUT2D eigenvalue weighted by molar-refractivity contribution is 5.68. The Morgan fingerprint density at radius 2 is 1.58 bits per heavy atom. The van der Waals surface area contributed by atoms with Gasteiger partial charge < -0.3 is 24.3 Å². The molecule has 172 valence electrons. The van der Waals surface area contributed by atoms with E-state index in [0.29, 0.717) is 5.41 Å². The molecule has 3 aliphatic rings. The normalized spacial score (nSPS) is 22.3. The number of likely N-dealkylation sites (N-methyl/N-ethyl adjacent to an activating group) is 1. The number of rotatable bonds is 3. The van der Waals surface area contributed by atoms with Crippen molar-refractivity contribution in [1.29, 1.82) is 0 Å². The molecule has 0 aromatic carbocycles. The van der Waals surface area contributed by atoms with E-state index in [0.717, 1.165) is 83.4 Å². The highest BCUT2D eigenvalue weighted by Crippen LogP contribution is 2.42. The maximum Gasteiger partial charge on any atom is 0.410 e. The lowest BCUT2D eigenvalue weighted by Gasteiger charge is -2.39. The fourth-order valence-electron chi connectivity index (χ4n) is 5.09. The van der Waals surface area contributed by atoms with E-state index in [1.807, 2.05) is 25.7 Å². The number of hydrogen-bond acceptors (Lipinski definition) is 6. The summed E-state index contributed by atoms with van der Waals surface area (Å²) in [4.78, 5) is 26.7. The summed E-state index contributed by atoms with van der Waals surface area (Å²) in [6.45, 7) is 17.1. The number of anilines is 2. The second-order valence-corrected chi connectivity index (χ2v) is 10.4. The maximum atomic E-state index is 12.4. The molecule has 0 unspecified atom stereocenters. The molecule has 3 fully saturated rings. The Labute approximate surface area is 187 Å². The minimum absolute atomic E-state index is 0.172. The van der Waals surface area contributed by atoms with Crippen LogP contribution in [0.5, 0.6) is 0 Å². The van der Waals surface area contributed by atoms with Gasteiger partial charge in [0.05, 0.1) is 0 Å². The number of ether oxygens (including phenoxy) is 1. The summed E-state index contributed by atoms with van der Waals surface area (Å²) in [5, 5.41) is 0. The van der Waals surface area contributed by atoms with E-state index in [9.17, 15) is 4.79 Å². The molecule has 0 N–H and O–H groups in total. The van der Waals surface area contributed by atoms with E-state index < -0.39 is 5.60 Å². The Morgan fingerprint density at radius 3 is 2.19 bits per heavy atom. The summed E-state index contributed by atoms with van der Waals surface area (Å²) in [7, 11) is 0. The van der Waals surface area contributed by atoms with Gasteiger partial charge in [0.15, 0.2) is 0 Å². The predicted octanol–water partition coefficient (Wildman–Crippen LogP) is 3.45. The molecule has 1 spiro atoms. The van der Waals surface area contributed by atoms with Crippen molar-refractivity contribution in [3.63, 3.8) is 0 Å². The number of aromatic nitrogens is 1. The zero-order chi connectivity index (χ0) is 22.1. The van der Waals surface area contributed by atoms with Gasteiger partial charge in [0, 0.05) is 52.4 Å². The van der Waals surface area contributed by atoms with Crippen LogP contribution in [0.25, 0.3) is 0 Å². The lowest BCUT2D eigenvalue weighted by molar-refractivity contribution is 0.0122. The molecule has 31 heavy (non-hydrogen) atoms. The van der Waals surface area contributed by atoms with Crippen LogP contribution >= 0.6 is 0 Å². The van der Waals surface area contributed by atoms with Crippen LogP contribution in [0.4, 0.5) is 16.4 Å². The van der Waals surface area contributed by atoms with Crippen molar-refractivity contribution in [2.24, 2.45) is 5.41 Å². The standard InChI is InChI=1S/C24H39N5O2/c1-5-26-15-17-27(18-16-26)20-7-6-8-21(25-20)29-14-11-24(19-29)9-12-28(13-10-24)22(30)31-23(2,3)4/h6-8H,5,9-19H2,1-4H3. The zero-order valence-electron chi connectivity index (χ0n) is 19.8. The van der Waals surface area contributed by atoms with Gasteiger partial charge in [-0.05, 0) is 64.1 Å². The molecule has 3 saturated heterocycles. The number of amides is 1. The number of pyridine rings is 1. The van der Waals surface area contributed by atoms with E-state index in [-0.39, 0.29) is 6.09 Å². The summed E-state index contributed by atoms with van der Waals surface area (Å²) in [5.74, 6) is 2.20. The number of nitrogens with zero attached hydrogens (tertiary/aromatic N) is 5. The van der Waals surface area contributed by atoms with Crippen molar-refractivity contribution in [1.82, 2.24) is 14.8 Å². The average Bonchev–Trinajstić information content (AvgIpc) is 3.17. The Bertz CT molecular complexity index is 761. The van der Waals surface area contributed by atoms with Crippen molar-refractivity contribution in [3.8, 4) is 0 Å². The van der Waals surface area contributed by atoms with Crippen LogP contribution in [0.15, 0.2) is 18.2 Å². The van der Waals surface area contributed by atoms with Crippen LogP contribution in [0.1, 0.15) is 47.0 Å². The molecule has 1 amide bonds. The van der Waals surface area contributed by atoms with Crippen molar-refractivity contribution in [2.45, 2.75) is 52.6 Å². The van der Waals surface area contributed by atoms with Crippen molar-refractivity contribution in [2.75, 3.05) is 68.7 Å². The molecule has 0 aliphatic carbocycles. The fraction of sp³-hybridized carbons (Fsp3) is 0.750. The van der Waals surface area contributed by atoms with Gasteiger partial charge in [-0.2, -0.15) is 0 Å². The summed E-state index contributed by atoms with van der Waals surface area (Å²) in [5.41, 5.74) is -0.140. The molecular formula is C24H39N5O2. The van der Waals surface area contributed by atoms with E-state index in [2.05, 4.69) is 39.8 Å². The van der Waals surface area contributed by atoms with Gasteiger partial charge in [-0.1, -0.05) is 13.0 Å². The maximum absolute atomic E-state index is 12.4. The van der Waals surface area contributed by atoms with Gasteiger partial charge in [0.1, 0.15) is 17.2 Å². The number of likely N-dealkylation sites (tertiary alicyclic amines) is 1. The van der Waals surface area contributed by atoms with Gasteiger partial charge in [-0.3, -0.25) is 0 Å². The van der Waals surface area contributed by atoms with E-state index in [1.165, 1.54) is 6.42 Å². The third-order valence-corrected chi connectivity index (χ3v) is 7.10. The highest BCUT2D eigenvalue weighted by atomic mass is 16.6. The quantitative estimate of drug-likeness (QED) is 0.734. The summed E-state index contributed by atoms with van der Waals surface area (Å²) in [6.07, 6.45) is 3.09. The molecule has 3 aliphatic heterocycles. The minimum Gasteiger partial charge on any atom is -0.444 e. The van der Waals surface area contributed by atoms with Crippen molar-refractivity contribution >= 4 is 17.7 Å². The van der Waals surface area contributed by atoms with Crippen LogP contribution in [0.2, 0.25) is 0 Å². The first-order valence-corrected chi connectivity index (χ1v) is 11.9. The van der Waals surface area contributed by atoms with Crippen LogP contribution < -0.4 is 9.80 Å². The van der Waals surface area contributed by atoms with E-state index in [1.54, 1.807) is 0 Å². The molecule has 4 heterocycles. The Morgan fingerprint density at radius 1 is 0.968 bits per heavy atom. The third-order valence-electron chi connectivity index (χ3n) is 7.10. The number of carbonyl (C=O) groups is 1. The van der Waals surface area contributed by atoms with Gasteiger partial charge in [-0.25, -0.2) is 9.78 Å². The average molecular weight is 430 g/mol. The second kappa shape index (κ2) is 8.85. The van der Waals surface area contributed by atoms with Crippen molar-refractivity contribution in [3.05, 3.63) is 18.2 Å². The van der Waals surface area contributed by atoms with Crippen LogP contribution in [-0.4, -0.2) is 85.4 Å². The lowest BCUT2D eigenvalue weighted by Crippen LogP contribution is -2.46. The summed E-state index contributed by atoms with van der Waals surface area (Å²) >= 11 is 0.